The minimum absolute atomic E-state index is 0.115. The summed E-state index contributed by atoms with van der Waals surface area (Å²) >= 11 is 22.1. The second-order valence-electron chi connectivity index (χ2n) is 4.03. The van der Waals surface area contributed by atoms with Crippen LogP contribution in [0, 0.1) is 0 Å². The standard InChI is InChI=1S/C14H11BrCl3N/c1-19-14(9-3-2-4-11(15)13(9)18)10-7-8(16)5-6-12(10)17/h2-7,14,19H,1H3. The van der Waals surface area contributed by atoms with Crippen molar-refractivity contribution in [1.29, 1.82) is 0 Å². The van der Waals surface area contributed by atoms with Crippen LogP contribution < -0.4 is 5.32 Å². The van der Waals surface area contributed by atoms with Gasteiger partial charge in [-0.05, 0) is 58.4 Å². The number of rotatable bonds is 3. The predicted octanol–water partition coefficient (Wildman–Crippen LogP) is 5.72. The third kappa shape index (κ3) is 3.26. The maximum atomic E-state index is 6.35. The second-order valence-corrected chi connectivity index (χ2v) is 6.11. The third-order valence-electron chi connectivity index (χ3n) is 2.85. The Morgan fingerprint density at radius 2 is 1.79 bits per heavy atom. The lowest BCUT2D eigenvalue weighted by Crippen LogP contribution is -2.18. The van der Waals surface area contributed by atoms with Gasteiger partial charge in [-0.15, -0.1) is 0 Å². The van der Waals surface area contributed by atoms with Gasteiger partial charge in [0.1, 0.15) is 0 Å². The molecule has 0 saturated carbocycles. The number of halogens is 4. The van der Waals surface area contributed by atoms with Gasteiger partial charge >= 0.3 is 0 Å². The zero-order valence-electron chi connectivity index (χ0n) is 10.1. The van der Waals surface area contributed by atoms with E-state index < -0.39 is 0 Å². The molecule has 0 amide bonds. The molecule has 1 atom stereocenters. The number of hydrogen-bond acceptors (Lipinski definition) is 1. The van der Waals surface area contributed by atoms with Crippen LogP contribution in [-0.4, -0.2) is 7.05 Å². The van der Waals surface area contributed by atoms with E-state index in [1.54, 1.807) is 12.1 Å². The molecule has 0 spiro atoms. The lowest BCUT2D eigenvalue weighted by molar-refractivity contribution is 0.692. The van der Waals surface area contributed by atoms with Crippen molar-refractivity contribution >= 4 is 50.7 Å². The topological polar surface area (TPSA) is 12.0 Å². The monoisotopic (exact) mass is 377 g/mol. The Kier molecular flexibility index (Phi) is 5.15. The van der Waals surface area contributed by atoms with Gasteiger partial charge in [-0.25, -0.2) is 0 Å². The largest absolute Gasteiger partial charge is 0.309 e. The molecule has 0 fully saturated rings. The van der Waals surface area contributed by atoms with Gasteiger partial charge < -0.3 is 5.32 Å². The van der Waals surface area contributed by atoms with Gasteiger partial charge in [-0.1, -0.05) is 46.9 Å². The SMILES string of the molecule is CNC(c1cc(Cl)ccc1Cl)c1cccc(Br)c1Cl. The fourth-order valence-electron chi connectivity index (χ4n) is 1.96. The Balaban J connectivity index is 2.56. The molecule has 1 N–H and O–H groups in total. The van der Waals surface area contributed by atoms with Gasteiger partial charge in [0.15, 0.2) is 0 Å². The predicted molar refractivity (Wildman–Crippen MR) is 86.5 cm³/mol. The van der Waals surface area contributed by atoms with Crippen LogP contribution in [-0.2, 0) is 0 Å². The lowest BCUT2D eigenvalue weighted by atomic mass is 9.99. The Hall–Kier alpha value is -0.250. The van der Waals surface area contributed by atoms with Crippen molar-refractivity contribution in [2.45, 2.75) is 6.04 Å². The highest BCUT2D eigenvalue weighted by molar-refractivity contribution is 9.10. The molecule has 2 rings (SSSR count). The second kappa shape index (κ2) is 6.47. The van der Waals surface area contributed by atoms with Crippen LogP contribution in [0.4, 0.5) is 0 Å². The first-order valence-electron chi connectivity index (χ1n) is 5.60. The van der Waals surface area contributed by atoms with Crippen LogP contribution in [0.1, 0.15) is 17.2 Å². The molecule has 0 saturated heterocycles. The summed E-state index contributed by atoms with van der Waals surface area (Å²) in [6.07, 6.45) is 0. The van der Waals surface area contributed by atoms with Gasteiger partial charge in [-0.2, -0.15) is 0 Å². The van der Waals surface area contributed by atoms with Crippen molar-refractivity contribution in [2.24, 2.45) is 0 Å². The van der Waals surface area contributed by atoms with E-state index >= 15 is 0 Å². The summed E-state index contributed by atoms with van der Waals surface area (Å²) in [5, 5.41) is 5.18. The van der Waals surface area contributed by atoms with E-state index in [2.05, 4.69) is 21.2 Å². The summed E-state index contributed by atoms with van der Waals surface area (Å²) in [6, 6.07) is 11.1. The molecule has 2 aromatic carbocycles. The molecule has 0 radical (unpaired) electrons. The molecule has 0 aliphatic rings. The number of benzene rings is 2. The quantitative estimate of drug-likeness (QED) is 0.719. The molecule has 0 bridgehead atoms. The molecule has 0 heterocycles. The Bertz CT molecular complexity index is 599. The Morgan fingerprint density at radius 3 is 2.47 bits per heavy atom. The highest BCUT2D eigenvalue weighted by Crippen LogP contribution is 2.36. The molecule has 0 aliphatic carbocycles. The average molecular weight is 380 g/mol. The zero-order chi connectivity index (χ0) is 14.0. The molecule has 0 aliphatic heterocycles. The summed E-state index contributed by atoms with van der Waals surface area (Å²) in [7, 11) is 1.86. The van der Waals surface area contributed by atoms with Crippen molar-refractivity contribution in [1.82, 2.24) is 5.32 Å². The number of nitrogens with one attached hydrogen (secondary N) is 1. The van der Waals surface area contributed by atoms with Crippen LogP contribution >= 0.6 is 50.7 Å². The highest BCUT2D eigenvalue weighted by Gasteiger charge is 2.19. The molecule has 1 nitrogen and oxygen atoms in total. The van der Waals surface area contributed by atoms with Crippen LogP contribution in [0.25, 0.3) is 0 Å². The molecule has 5 heteroatoms. The van der Waals surface area contributed by atoms with E-state index in [0.717, 1.165) is 15.6 Å². The van der Waals surface area contributed by atoms with Crippen LogP contribution in [0.3, 0.4) is 0 Å². The average Bonchev–Trinajstić information content (AvgIpc) is 2.39. The normalized spacial score (nSPS) is 12.5. The van der Waals surface area contributed by atoms with Crippen LogP contribution in [0.5, 0.6) is 0 Å². The highest BCUT2D eigenvalue weighted by atomic mass is 79.9. The summed E-state index contributed by atoms with van der Waals surface area (Å²) < 4.78 is 0.852. The fraction of sp³-hybridized carbons (Fsp3) is 0.143. The fourth-order valence-corrected chi connectivity index (χ4v) is 2.98. The van der Waals surface area contributed by atoms with E-state index in [4.69, 9.17) is 34.8 Å². The maximum absolute atomic E-state index is 6.35. The van der Waals surface area contributed by atoms with E-state index in [-0.39, 0.29) is 6.04 Å². The summed E-state index contributed by atoms with van der Waals surface area (Å²) in [4.78, 5) is 0. The van der Waals surface area contributed by atoms with Crippen LogP contribution in [0.2, 0.25) is 15.1 Å². The van der Waals surface area contributed by atoms with E-state index in [1.807, 2.05) is 31.3 Å². The van der Waals surface area contributed by atoms with E-state index in [0.29, 0.717) is 15.1 Å². The molecular formula is C14H11BrCl3N. The van der Waals surface area contributed by atoms with E-state index in [9.17, 15) is 0 Å². The first kappa shape index (κ1) is 15.1. The van der Waals surface area contributed by atoms with Crippen molar-refractivity contribution < 1.29 is 0 Å². The Labute approximate surface area is 136 Å². The molecule has 19 heavy (non-hydrogen) atoms. The van der Waals surface area contributed by atoms with Gasteiger partial charge in [0, 0.05) is 14.5 Å². The Morgan fingerprint density at radius 1 is 1.05 bits per heavy atom. The molecular weight excluding hydrogens is 368 g/mol. The molecule has 0 aromatic heterocycles. The summed E-state index contributed by atoms with van der Waals surface area (Å²) in [5.74, 6) is 0. The van der Waals surface area contributed by atoms with Gasteiger partial charge in [0.2, 0.25) is 0 Å². The van der Waals surface area contributed by atoms with Gasteiger partial charge in [0.05, 0.1) is 11.1 Å². The van der Waals surface area contributed by atoms with Crippen molar-refractivity contribution in [3.63, 3.8) is 0 Å². The lowest BCUT2D eigenvalue weighted by Gasteiger charge is -2.20. The minimum Gasteiger partial charge on any atom is -0.309 e. The summed E-state index contributed by atoms with van der Waals surface area (Å²) in [5.41, 5.74) is 1.85. The van der Waals surface area contributed by atoms with Crippen molar-refractivity contribution in [3.05, 3.63) is 67.1 Å². The van der Waals surface area contributed by atoms with Crippen molar-refractivity contribution in [3.8, 4) is 0 Å². The van der Waals surface area contributed by atoms with Crippen LogP contribution in [0.15, 0.2) is 40.9 Å². The zero-order valence-corrected chi connectivity index (χ0v) is 13.9. The first-order chi connectivity index (χ1) is 9.04. The minimum atomic E-state index is -0.115. The smallest absolute Gasteiger partial charge is 0.0604 e. The summed E-state index contributed by atoms with van der Waals surface area (Å²) in [6.45, 7) is 0. The van der Waals surface area contributed by atoms with E-state index in [1.165, 1.54) is 0 Å². The van der Waals surface area contributed by atoms with Gasteiger partial charge in [-0.3, -0.25) is 0 Å². The molecule has 1 unspecified atom stereocenters. The number of hydrogen-bond donors (Lipinski definition) is 1. The molecule has 100 valence electrons. The first-order valence-corrected chi connectivity index (χ1v) is 7.53. The van der Waals surface area contributed by atoms with Gasteiger partial charge in [0.25, 0.3) is 0 Å². The third-order valence-corrected chi connectivity index (χ3v) is 4.74. The van der Waals surface area contributed by atoms with Crippen molar-refractivity contribution in [2.75, 3.05) is 7.05 Å². The maximum Gasteiger partial charge on any atom is 0.0604 e. The molecule has 2 aromatic rings.